The van der Waals surface area contributed by atoms with E-state index in [1.165, 1.54) is 15.4 Å². The van der Waals surface area contributed by atoms with E-state index in [2.05, 4.69) is 22.8 Å². The molecular weight excluding hydrogens is 440 g/mol. The second-order valence-electron chi connectivity index (χ2n) is 8.69. The number of nitrogens with one attached hydrogen (secondary N) is 2. The second-order valence-corrected chi connectivity index (χ2v) is 8.69. The van der Waals surface area contributed by atoms with E-state index in [0.717, 1.165) is 18.4 Å². The summed E-state index contributed by atoms with van der Waals surface area (Å²) < 4.78 is 0. The van der Waals surface area contributed by atoms with Gasteiger partial charge in [0.2, 0.25) is 11.8 Å². The molecule has 0 aliphatic carbocycles. The lowest BCUT2D eigenvalue weighted by molar-refractivity contribution is -0.123. The van der Waals surface area contributed by atoms with Gasteiger partial charge in [0.05, 0.1) is 11.4 Å². The van der Waals surface area contributed by atoms with Crippen LogP contribution in [-0.2, 0) is 22.6 Å². The quantitative estimate of drug-likeness (QED) is 0.524. The summed E-state index contributed by atoms with van der Waals surface area (Å²) in [5, 5.41) is 5.87. The molecule has 0 saturated carbocycles. The number of amides is 4. The van der Waals surface area contributed by atoms with Crippen molar-refractivity contribution in [3.05, 3.63) is 96.1 Å². The molecular formula is C28H30N4O3. The Kier molecular flexibility index (Phi) is 7.77. The van der Waals surface area contributed by atoms with E-state index in [1.54, 1.807) is 18.2 Å². The van der Waals surface area contributed by atoms with Crippen LogP contribution in [0.15, 0.2) is 84.9 Å². The molecule has 0 aromatic heterocycles. The van der Waals surface area contributed by atoms with Crippen molar-refractivity contribution < 1.29 is 14.4 Å². The summed E-state index contributed by atoms with van der Waals surface area (Å²) in [5.74, 6) is -0.527. The maximum Gasteiger partial charge on any atom is 0.322 e. The Hall–Kier alpha value is -4.13. The number of fused-ring (bicyclic) bond motifs is 1. The van der Waals surface area contributed by atoms with E-state index in [9.17, 15) is 14.4 Å². The topological polar surface area (TPSA) is 81.8 Å². The molecule has 180 valence electrons. The maximum absolute atomic E-state index is 13.0. The molecule has 1 heterocycles. The fraction of sp³-hybridized carbons (Fsp3) is 0.250. The van der Waals surface area contributed by atoms with E-state index in [0.29, 0.717) is 17.9 Å². The van der Waals surface area contributed by atoms with Crippen molar-refractivity contribution in [1.29, 1.82) is 0 Å². The van der Waals surface area contributed by atoms with Gasteiger partial charge < -0.3 is 10.6 Å². The smallest absolute Gasteiger partial charge is 0.322 e. The molecule has 1 aliphatic rings. The number of para-hydroxylation sites is 2. The molecule has 0 bridgehead atoms. The number of hydrogen-bond donors (Lipinski definition) is 2. The molecule has 0 spiro atoms. The number of carbonyl (C=O) groups excluding carboxylic acids is 3. The number of nitrogens with zero attached hydrogens (tertiary/aromatic N) is 2. The molecule has 3 aromatic rings. The van der Waals surface area contributed by atoms with Gasteiger partial charge >= 0.3 is 6.03 Å². The van der Waals surface area contributed by atoms with Gasteiger partial charge in [-0.1, -0.05) is 72.8 Å². The summed E-state index contributed by atoms with van der Waals surface area (Å²) in [6.07, 6.45) is 1.66. The van der Waals surface area contributed by atoms with Crippen LogP contribution in [0.2, 0.25) is 0 Å². The van der Waals surface area contributed by atoms with Crippen molar-refractivity contribution in [2.45, 2.75) is 32.4 Å². The summed E-state index contributed by atoms with van der Waals surface area (Å²) in [6.45, 7) is 2.10. The van der Waals surface area contributed by atoms with Crippen LogP contribution in [-0.4, -0.2) is 37.0 Å². The molecule has 3 aromatic carbocycles. The van der Waals surface area contributed by atoms with Crippen LogP contribution in [0.1, 0.15) is 24.5 Å². The van der Waals surface area contributed by atoms with Crippen LogP contribution >= 0.6 is 0 Å². The van der Waals surface area contributed by atoms with Crippen molar-refractivity contribution in [3.63, 3.8) is 0 Å². The minimum atomic E-state index is -0.353. The molecule has 1 atom stereocenters. The summed E-state index contributed by atoms with van der Waals surface area (Å²) in [7, 11) is 0. The third-order valence-corrected chi connectivity index (χ3v) is 6.01. The van der Waals surface area contributed by atoms with Gasteiger partial charge in [-0.05, 0) is 43.0 Å². The number of benzene rings is 3. The fourth-order valence-electron chi connectivity index (χ4n) is 4.15. The molecule has 35 heavy (non-hydrogen) atoms. The van der Waals surface area contributed by atoms with Crippen LogP contribution in [0.5, 0.6) is 0 Å². The molecule has 4 amide bonds. The summed E-state index contributed by atoms with van der Waals surface area (Å²) in [4.78, 5) is 41.6. The molecule has 0 fully saturated rings. The van der Waals surface area contributed by atoms with Crippen LogP contribution in [0.25, 0.3) is 0 Å². The Morgan fingerprint density at radius 1 is 0.857 bits per heavy atom. The van der Waals surface area contributed by atoms with Crippen LogP contribution in [0.3, 0.4) is 0 Å². The number of anilines is 2. The standard InChI is InChI=1S/C28H30N4O3/c1-21(16-17-22-10-4-2-5-11-22)30-26(33)19-31-24-14-8-9-15-25(24)32(20-27(31)34)28(35)29-18-23-12-6-3-7-13-23/h2-15,21H,16-20H2,1H3,(H,29,35)(H,30,33)/t21-/m1/s1. The average molecular weight is 471 g/mol. The molecule has 7 heteroatoms. The third kappa shape index (κ3) is 6.26. The van der Waals surface area contributed by atoms with Crippen molar-refractivity contribution in [3.8, 4) is 0 Å². The van der Waals surface area contributed by atoms with Gasteiger partial charge in [0, 0.05) is 12.6 Å². The number of urea groups is 1. The lowest BCUT2D eigenvalue weighted by Crippen LogP contribution is -2.53. The zero-order valence-corrected chi connectivity index (χ0v) is 19.8. The highest BCUT2D eigenvalue weighted by Crippen LogP contribution is 2.33. The van der Waals surface area contributed by atoms with Gasteiger partial charge in [-0.3, -0.25) is 19.4 Å². The minimum Gasteiger partial charge on any atom is -0.352 e. The highest BCUT2D eigenvalue weighted by Gasteiger charge is 2.33. The first-order valence-corrected chi connectivity index (χ1v) is 11.8. The third-order valence-electron chi connectivity index (χ3n) is 6.01. The summed E-state index contributed by atoms with van der Waals surface area (Å²) >= 11 is 0. The zero-order chi connectivity index (χ0) is 24.6. The highest BCUT2D eigenvalue weighted by molar-refractivity contribution is 6.12. The van der Waals surface area contributed by atoms with Crippen LogP contribution < -0.4 is 20.4 Å². The first-order chi connectivity index (χ1) is 17.0. The van der Waals surface area contributed by atoms with Crippen molar-refractivity contribution in [2.24, 2.45) is 0 Å². The van der Waals surface area contributed by atoms with E-state index in [1.807, 2.05) is 61.5 Å². The van der Waals surface area contributed by atoms with E-state index >= 15 is 0 Å². The van der Waals surface area contributed by atoms with Crippen molar-refractivity contribution in [1.82, 2.24) is 10.6 Å². The van der Waals surface area contributed by atoms with Gasteiger partial charge in [0.25, 0.3) is 0 Å². The van der Waals surface area contributed by atoms with Crippen molar-refractivity contribution in [2.75, 3.05) is 22.9 Å². The molecule has 0 unspecified atom stereocenters. The Morgan fingerprint density at radius 2 is 1.46 bits per heavy atom. The van der Waals surface area contributed by atoms with Gasteiger partial charge in [0.15, 0.2) is 0 Å². The lowest BCUT2D eigenvalue weighted by Gasteiger charge is -2.35. The SMILES string of the molecule is C[C@H](CCc1ccccc1)NC(=O)CN1C(=O)CN(C(=O)NCc2ccccc2)c2ccccc21. The Balaban J connectivity index is 1.37. The Morgan fingerprint density at radius 3 is 2.14 bits per heavy atom. The van der Waals surface area contributed by atoms with E-state index < -0.39 is 0 Å². The first-order valence-electron chi connectivity index (χ1n) is 11.8. The molecule has 0 radical (unpaired) electrons. The van der Waals surface area contributed by atoms with Gasteiger partial charge in [0.1, 0.15) is 13.1 Å². The lowest BCUT2D eigenvalue weighted by atomic mass is 10.1. The fourth-order valence-corrected chi connectivity index (χ4v) is 4.15. The Bertz CT molecular complexity index is 1170. The Labute approximate surface area is 205 Å². The summed E-state index contributed by atoms with van der Waals surface area (Å²) in [5.41, 5.74) is 3.34. The van der Waals surface area contributed by atoms with E-state index in [-0.39, 0.29) is 37.0 Å². The predicted octanol–water partition coefficient (Wildman–Crippen LogP) is 3.89. The molecule has 1 aliphatic heterocycles. The molecule has 2 N–H and O–H groups in total. The summed E-state index contributed by atoms with van der Waals surface area (Å²) in [6, 6.07) is 26.5. The largest absolute Gasteiger partial charge is 0.352 e. The van der Waals surface area contributed by atoms with E-state index in [4.69, 9.17) is 0 Å². The first kappa shape index (κ1) is 24.0. The highest BCUT2D eigenvalue weighted by atomic mass is 16.2. The van der Waals surface area contributed by atoms with Gasteiger partial charge in [-0.2, -0.15) is 0 Å². The number of carbonyl (C=O) groups is 3. The molecule has 7 nitrogen and oxygen atoms in total. The normalized spacial score (nSPS) is 13.7. The van der Waals surface area contributed by atoms with Crippen LogP contribution in [0.4, 0.5) is 16.2 Å². The monoisotopic (exact) mass is 470 g/mol. The zero-order valence-electron chi connectivity index (χ0n) is 19.8. The van der Waals surface area contributed by atoms with Gasteiger partial charge in [-0.15, -0.1) is 0 Å². The second kappa shape index (κ2) is 11.3. The minimum absolute atomic E-state index is 0.0295. The van der Waals surface area contributed by atoms with Gasteiger partial charge in [-0.25, -0.2) is 4.79 Å². The number of hydrogen-bond acceptors (Lipinski definition) is 3. The number of rotatable bonds is 8. The average Bonchev–Trinajstić information content (AvgIpc) is 2.88. The predicted molar refractivity (Wildman–Crippen MR) is 137 cm³/mol. The number of aryl methyl sites for hydroxylation is 1. The maximum atomic E-state index is 13.0. The molecule has 4 rings (SSSR count). The molecule has 0 saturated heterocycles. The van der Waals surface area contributed by atoms with Crippen molar-refractivity contribution >= 4 is 29.2 Å². The van der Waals surface area contributed by atoms with Crippen LogP contribution in [0, 0.1) is 0 Å².